The van der Waals surface area contributed by atoms with Crippen molar-refractivity contribution in [1.29, 1.82) is 0 Å². The molecule has 0 aromatic carbocycles. The average molecular weight is 317 g/mol. The van der Waals surface area contributed by atoms with Gasteiger partial charge in [-0.25, -0.2) is 4.98 Å². The topological polar surface area (TPSA) is 45.2 Å². The van der Waals surface area contributed by atoms with Gasteiger partial charge in [0.15, 0.2) is 0 Å². The molecule has 4 nitrogen and oxygen atoms in total. The fourth-order valence-corrected chi connectivity index (χ4v) is 3.40. The lowest BCUT2D eigenvalue weighted by Crippen LogP contribution is -2.40. The van der Waals surface area contributed by atoms with Crippen LogP contribution in [0.15, 0.2) is 24.4 Å². The normalized spacial score (nSPS) is 15.9. The number of hydrogen-bond donors (Lipinski definition) is 1. The summed E-state index contributed by atoms with van der Waals surface area (Å²) >= 11 is 0. The number of rotatable bonds is 8. The summed E-state index contributed by atoms with van der Waals surface area (Å²) < 4.78 is 0. The highest BCUT2D eigenvalue weighted by molar-refractivity contribution is 5.78. The van der Waals surface area contributed by atoms with Crippen molar-refractivity contribution >= 4 is 11.7 Å². The van der Waals surface area contributed by atoms with Gasteiger partial charge in [0.05, 0.1) is 0 Å². The van der Waals surface area contributed by atoms with Crippen molar-refractivity contribution < 1.29 is 4.79 Å². The van der Waals surface area contributed by atoms with E-state index < -0.39 is 0 Å². The quantitative estimate of drug-likeness (QED) is 0.796. The molecule has 0 spiro atoms. The molecule has 4 heteroatoms. The molecule has 1 fully saturated rings. The number of hydrogen-bond acceptors (Lipinski definition) is 3. The zero-order chi connectivity index (χ0) is 16.5. The Balaban J connectivity index is 1.73. The number of anilines is 1. The van der Waals surface area contributed by atoms with Crippen LogP contribution in [-0.2, 0) is 4.79 Å². The second-order valence-corrected chi connectivity index (χ2v) is 6.64. The number of pyridine rings is 1. The highest BCUT2D eigenvalue weighted by atomic mass is 16.1. The third-order valence-corrected chi connectivity index (χ3v) is 4.80. The van der Waals surface area contributed by atoms with E-state index in [4.69, 9.17) is 0 Å². The Bertz CT molecular complexity index is 449. The van der Waals surface area contributed by atoms with Crippen molar-refractivity contribution in [2.75, 3.05) is 24.5 Å². The van der Waals surface area contributed by atoms with Crippen molar-refractivity contribution in [1.82, 2.24) is 10.3 Å². The van der Waals surface area contributed by atoms with Gasteiger partial charge in [0.25, 0.3) is 0 Å². The van der Waals surface area contributed by atoms with Crippen LogP contribution in [0.1, 0.15) is 52.4 Å². The minimum absolute atomic E-state index is 0.207. The number of aromatic nitrogens is 1. The molecule has 2 heterocycles. The molecular weight excluding hydrogens is 286 g/mol. The average Bonchev–Trinajstić information content (AvgIpc) is 2.61. The molecule has 0 radical (unpaired) electrons. The molecule has 1 aromatic rings. The van der Waals surface area contributed by atoms with E-state index in [9.17, 15) is 4.79 Å². The number of carbonyl (C=O) groups is 1. The van der Waals surface area contributed by atoms with Gasteiger partial charge in [0.1, 0.15) is 5.82 Å². The maximum Gasteiger partial charge on any atom is 0.223 e. The second-order valence-electron chi connectivity index (χ2n) is 6.64. The SMILES string of the molecule is CCCC(CCC)C(=O)NCC1CCN(c2ccccn2)CC1. The molecule has 2 rings (SSSR count). The van der Waals surface area contributed by atoms with Crippen molar-refractivity contribution in [3.8, 4) is 0 Å². The smallest absolute Gasteiger partial charge is 0.223 e. The Morgan fingerprint density at radius 3 is 2.52 bits per heavy atom. The minimum atomic E-state index is 0.207. The summed E-state index contributed by atoms with van der Waals surface area (Å²) in [6, 6.07) is 6.06. The van der Waals surface area contributed by atoms with E-state index in [0.717, 1.165) is 64.0 Å². The molecule has 128 valence electrons. The summed E-state index contributed by atoms with van der Waals surface area (Å²) in [4.78, 5) is 19.1. The van der Waals surface area contributed by atoms with Crippen LogP contribution >= 0.6 is 0 Å². The van der Waals surface area contributed by atoms with Gasteiger partial charge in [-0.2, -0.15) is 0 Å². The molecule has 0 unspecified atom stereocenters. The van der Waals surface area contributed by atoms with Gasteiger partial charge < -0.3 is 10.2 Å². The molecule has 1 aliphatic heterocycles. The van der Waals surface area contributed by atoms with Gasteiger partial charge in [-0.3, -0.25) is 4.79 Å². The number of nitrogens with zero attached hydrogens (tertiary/aromatic N) is 2. The first kappa shape index (κ1) is 17.8. The van der Waals surface area contributed by atoms with Gasteiger partial charge in [0, 0.05) is 31.7 Å². The third-order valence-electron chi connectivity index (χ3n) is 4.80. The summed E-state index contributed by atoms with van der Waals surface area (Å²) in [7, 11) is 0. The molecule has 1 N–H and O–H groups in total. The highest BCUT2D eigenvalue weighted by Gasteiger charge is 2.22. The van der Waals surface area contributed by atoms with E-state index in [-0.39, 0.29) is 11.8 Å². The summed E-state index contributed by atoms with van der Waals surface area (Å²) in [5.41, 5.74) is 0. The molecule has 0 bridgehead atoms. The molecule has 0 saturated carbocycles. The molecule has 0 atom stereocenters. The van der Waals surface area contributed by atoms with Gasteiger partial charge in [-0.05, 0) is 43.7 Å². The summed E-state index contributed by atoms with van der Waals surface area (Å²) in [5, 5.41) is 3.20. The molecule has 1 aromatic heterocycles. The standard InChI is InChI=1S/C19H31N3O/c1-3-7-17(8-4-2)19(23)21-15-16-10-13-22(14-11-16)18-9-5-6-12-20-18/h5-6,9,12,16-17H,3-4,7-8,10-11,13-15H2,1-2H3,(H,21,23). The third kappa shape index (κ3) is 5.52. The van der Waals surface area contributed by atoms with Crippen LogP contribution in [0.25, 0.3) is 0 Å². The molecule has 0 aliphatic carbocycles. The van der Waals surface area contributed by atoms with E-state index in [0.29, 0.717) is 5.92 Å². The zero-order valence-electron chi connectivity index (χ0n) is 14.6. The fourth-order valence-electron chi connectivity index (χ4n) is 3.40. The van der Waals surface area contributed by atoms with Crippen LogP contribution in [0, 0.1) is 11.8 Å². The van der Waals surface area contributed by atoms with Crippen molar-refractivity contribution in [3.05, 3.63) is 24.4 Å². The Morgan fingerprint density at radius 2 is 1.96 bits per heavy atom. The lowest BCUT2D eigenvalue weighted by molar-refractivity contribution is -0.125. The van der Waals surface area contributed by atoms with Gasteiger partial charge in [-0.1, -0.05) is 32.8 Å². The molecule has 1 amide bonds. The van der Waals surface area contributed by atoms with E-state index in [1.165, 1.54) is 0 Å². The van der Waals surface area contributed by atoms with Crippen LogP contribution in [0.4, 0.5) is 5.82 Å². The first-order chi connectivity index (χ1) is 11.2. The van der Waals surface area contributed by atoms with E-state index >= 15 is 0 Å². The molecular formula is C19H31N3O. The Morgan fingerprint density at radius 1 is 1.26 bits per heavy atom. The summed E-state index contributed by atoms with van der Waals surface area (Å²) in [5.74, 6) is 2.14. The van der Waals surface area contributed by atoms with Crippen molar-refractivity contribution in [3.63, 3.8) is 0 Å². The zero-order valence-corrected chi connectivity index (χ0v) is 14.6. The number of nitrogens with one attached hydrogen (secondary N) is 1. The minimum Gasteiger partial charge on any atom is -0.357 e. The molecule has 23 heavy (non-hydrogen) atoms. The van der Waals surface area contributed by atoms with Crippen LogP contribution in [-0.4, -0.2) is 30.5 Å². The lowest BCUT2D eigenvalue weighted by Gasteiger charge is -2.33. The summed E-state index contributed by atoms with van der Waals surface area (Å²) in [6.07, 6.45) is 8.30. The first-order valence-electron chi connectivity index (χ1n) is 9.18. The molecule has 1 saturated heterocycles. The van der Waals surface area contributed by atoms with Crippen LogP contribution < -0.4 is 10.2 Å². The number of amides is 1. The monoisotopic (exact) mass is 317 g/mol. The van der Waals surface area contributed by atoms with Gasteiger partial charge in [-0.15, -0.1) is 0 Å². The highest BCUT2D eigenvalue weighted by Crippen LogP contribution is 2.21. The predicted molar refractivity (Wildman–Crippen MR) is 95.5 cm³/mol. The first-order valence-corrected chi connectivity index (χ1v) is 9.18. The largest absolute Gasteiger partial charge is 0.357 e. The van der Waals surface area contributed by atoms with Gasteiger partial charge in [0.2, 0.25) is 5.91 Å². The maximum atomic E-state index is 12.3. The fraction of sp³-hybridized carbons (Fsp3) is 0.684. The number of carbonyl (C=O) groups excluding carboxylic acids is 1. The van der Waals surface area contributed by atoms with Crippen molar-refractivity contribution in [2.24, 2.45) is 11.8 Å². The van der Waals surface area contributed by atoms with Crippen LogP contribution in [0.2, 0.25) is 0 Å². The predicted octanol–water partition coefficient (Wildman–Crippen LogP) is 3.63. The Hall–Kier alpha value is -1.58. The van der Waals surface area contributed by atoms with E-state index in [2.05, 4.69) is 35.1 Å². The Kier molecular flexibility index (Phi) is 7.37. The van der Waals surface area contributed by atoms with E-state index in [1.807, 2.05) is 18.3 Å². The number of piperidine rings is 1. The Labute approximate surface area is 140 Å². The van der Waals surface area contributed by atoms with Crippen LogP contribution in [0.5, 0.6) is 0 Å². The summed E-state index contributed by atoms with van der Waals surface area (Å²) in [6.45, 7) is 7.21. The lowest BCUT2D eigenvalue weighted by atomic mass is 9.94. The van der Waals surface area contributed by atoms with Gasteiger partial charge >= 0.3 is 0 Å². The second kappa shape index (κ2) is 9.53. The molecule has 1 aliphatic rings. The van der Waals surface area contributed by atoms with E-state index in [1.54, 1.807) is 0 Å². The van der Waals surface area contributed by atoms with Crippen molar-refractivity contribution in [2.45, 2.75) is 52.4 Å². The maximum absolute atomic E-state index is 12.3. The van der Waals surface area contributed by atoms with Crippen LogP contribution in [0.3, 0.4) is 0 Å².